The first kappa shape index (κ1) is 20.4. The van der Waals surface area contributed by atoms with E-state index in [4.69, 9.17) is 0 Å². The Bertz CT molecular complexity index is 851. The molecule has 1 heterocycles. The molecule has 1 aliphatic rings. The van der Waals surface area contributed by atoms with E-state index < -0.39 is 10.0 Å². The lowest BCUT2D eigenvalue weighted by Crippen LogP contribution is -2.41. The molecule has 6 nitrogen and oxygen atoms in total. The second kappa shape index (κ2) is 9.71. The molecule has 0 atom stereocenters. The van der Waals surface area contributed by atoms with E-state index in [-0.39, 0.29) is 17.3 Å². The third-order valence-electron chi connectivity index (χ3n) is 4.83. The van der Waals surface area contributed by atoms with Crippen molar-refractivity contribution in [1.82, 2.24) is 10.2 Å². The number of nitrogens with zero attached hydrogens (tertiary/aromatic N) is 2. The van der Waals surface area contributed by atoms with Gasteiger partial charge in [0.25, 0.3) is 10.0 Å². The molecule has 0 saturated carbocycles. The number of likely N-dealkylation sites (tertiary alicyclic amines) is 1. The van der Waals surface area contributed by atoms with Gasteiger partial charge in [0.15, 0.2) is 0 Å². The molecule has 28 heavy (non-hydrogen) atoms. The number of hydrogen-bond acceptors (Lipinski definition) is 4. The van der Waals surface area contributed by atoms with Crippen molar-refractivity contribution in [2.75, 3.05) is 37.0 Å². The van der Waals surface area contributed by atoms with E-state index in [2.05, 4.69) is 10.2 Å². The maximum Gasteiger partial charge on any atom is 0.264 e. The lowest BCUT2D eigenvalue weighted by Gasteiger charge is -2.24. The molecule has 0 radical (unpaired) electrons. The zero-order valence-electron chi connectivity index (χ0n) is 16.0. The molecular formula is C21H27N3O3S. The summed E-state index contributed by atoms with van der Waals surface area (Å²) >= 11 is 0. The van der Waals surface area contributed by atoms with Gasteiger partial charge in [0.1, 0.15) is 6.54 Å². The number of carbonyl (C=O) groups is 1. The third-order valence-corrected chi connectivity index (χ3v) is 6.62. The highest BCUT2D eigenvalue weighted by Crippen LogP contribution is 2.23. The van der Waals surface area contributed by atoms with Gasteiger partial charge in [0.2, 0.25) is 5.91 Å². The lowest BCUT2D eigenvalue weighted by atomic mass is 10.3. The van der Waals surface area contributed by atoms with Gasteiger partial charge in [-0.1, -0.05) is 36.4 Å². The van der Waals surface area contributed by atoms with Gasteiger partial charge in [-0.05, 0) is 63.2 Å². The number of sulfonamides is 1. The Hall–Kier alpha value is -2.38. The van der Waals surface area contributed by atoms with Crippen molar-refractivity contribution < 1.29 is 13.2 Å². The van der Waals surface area contributed by atoms with Crippen LogP contribution in [-0.4, -0.2) is 51.9 Å². The van der Waals surface area contributed by atoms with Gasteiger partial charge < -0.3 is 10.2 Å². The number of para-hydroxylation sites is 1. The monoisotopic (exact) mass is 401 g/mol. The SMILES string of the molecule is O=C(CN(c1ccccc1)S(=O)(=O)c1ccccc1)NCCCN1CCCC1. The van der Waals surface area contributed by atoms with Crippen molar-refractivity contribution in [3.63, 3.8) is 0 Å². The maximum atomic E-state index is 13.1. The summed E-state index contributed by atoms with van der Waals surface area (Å²) in [6.45, 7) is 3.52. The van der Waals surface area contributed by atoms with Crippen molar-refractivity contribution in [3.05, 3.63) is 60.7 Å². The smallest absolute Gasteiger partial charge is 0.264 e. The van der Waals surface area contributed by atoms with E-state index >= 15 is 0 Å². The first-order valence-electron chi connectivity index (χ1n) is 9.69. The molecule has 0 bridgehead atoms. The minimum absolute atomic E-state index is 0.167. The Morgan fingerprint density at radius 1 is 0.964 bits per heavy atom. The molecule has 3 rings (SSSR count). The van der Waals surface area contributed by atoms with Crippen molar-refractivity contribution in [2.45, 2.75) is 24.2 Å². The Morgan fingerprint density at radius 3 is 2.21 bits per heavy atom. The van der Waals surface area contributed by atoms with Crippen LogP contribution in [0.5, 0.6) is 0 Å². The van der Waals surface area contributed by atoms with E-state index in [0.717, 1.165) is 30.4 Å². The van der Waals surface area contributed by atoms with E-state index in [1.54, 1.807) is 54.6 Å². The Kier molecular flexibility index (Phi) is 7.06. The van der Waals surface area contributed by atoms with Crippen LogP contribution in [0.4, 0.5) is 5.69 Å². The summed E-state index contributed by atoms with van der Waals surface area (Å²) in [5.74, 6) is -0.301. The predicted octanol–water partition coefficient (Wildman–Crippen LogP) is 2.48. The minimum Gasteiger partial charge on any atom is -0.354 e. The normalized spacial score (nSPS) is 14.7. The molecule has 2 aromatic rings. The Balaban J connectivity index is 1.65. The highest BCUT2D eigenvalue weighted by atomic mass is 32.2. The molecule has 1 fully saturated rings. The highest BCUT2D eigenvalue weighted by Gasteiger charge is 2.26. The molecule has 2 aromatic carbocycles. The first-order valence-corrected chi connectivity index (χ1v) is 11.1. The fourth-order valence-corrected chi connectivity index (χ4v) is 4.79. The van der Waals surface area contributed by atoms with Gasteiger partial charge in [0, 0.05) is 6.54 Å². The van der Waals surface area contributed by atoms with Gasteiger partial charge >= 0.3 is 0 Å². The largest absolute Gasteiger partial charge is 0.354 e. The summed E-state index contributed by atoms with van der Waals surface area (Å²) in [5.41, 5.74) is 0.471. The van der Waals surface area contributed by atoms with Crippen LogP contribution in [0.25, 0.3) is 0 Å². The standard InChI is InChI=1S/C21H27N3O3S/c25-21(22-14-9-17-23-15-7-8-16-23)18-24(19-10-3-1-4-11-19)28(26,27)20-12-5-2-6-13-20/h1-6,10-13H,7-9,14-18H2,(H,22,25). The average molecular weight is 402 g/mol. The average Bonchev–Trinajstić information content (AvgIpc) is 3.24. The number of anilines is 1. The van der Waals surface area contributed by atoms with Crippen LogP contribution < -0.4 is 9.62 Å². The zero-order chi connectivity index (χ0) is 19.8. The van der Waals surface area contributed by atoms with Crippen molar-refractivity contribution in [2.24, 2.45) is 0 Å². The summed E-state index contributed by atoms with van der Waals surface area (Å²) in [5, 5.41) is 2.86. The molecule has 1 N–H and O–H groups in total. The number of carbonyl (C=O) groups excluding carboxylic acids is 1. The summed E-state index contributed by atoms with van der Waals surface area (Å²) in [6, 6.07) is 16.9. The van der Waals surface area contributed by atoms with Crippen LogP contribution in [0.15, 0.2) is 65.6 Å². The highest BCUT2D eigenvalue weighted by molar-refractivity contribution is 7.92. The van der Waals surface area contributed by atoms with E-state index in [1.165, 1.54) is 12.8 Å². The van der Waals surface area contributed by atoms with Gasteiger partial charge in [0.05, 0.1) is 10.6 Å². The molecule has 0 unspecified atom stereocenters. The fourth-order valence-electron chi connectivity index (χ4n) is 3.35. The number of rotatable bonds is 9. The Morgan fingerprint density at radius 2 is 1.57 bits per heavy atom. The van der Waals surface area contributed by atoms with E-state index in [0.29, 0.717) is 12.2 Å². The zero-order valence-corrected chi connectivity index (χ0v) is 16.8. The van der Waals surface area contributed by atoms with Crippen molar-refractivity contribution in [1.29, 1.82) is 0 Å². The predicted molar refractivity (Wildman–Crippen MR) is 111 cm³/mol. The molecule has 0 aliphatic carbocycles. The van der Waals surface area contributed by atoms with Crippen LogP contribution >= 0.6 is 0 Å². The first-order chi connectivity index (χ1) is 13.6. The third kappa shape index (κ3) is 5.33. The van der Waals surface area contributed by atoms with Crippen LogP contribution in [0.1, 0.15) is 19.3 Å². The minimum atomic E-state index is -3.83. The topological polar surface area (TPSA) is 69.7 Å². The van der Waals surface area contributed by atoms with Gasteiger partial charge in [-0.15, -0.1) is 0 Å². The summed E-state index contributed by atoms with van der Waals surface area (Å²) in [4.78, 5) is 15.0. The molecule has 1 aliphatic heterocycles. The number of benzene rings is 2. The molecule has 7 heteroatoms. The van der Waals surface area contributed by atoms with E-state index in [1.807, 2.05) is 6.07 Å². The quantitative estimate of drug-likeness (QED) is 0.656. The van der Waals surface area contributed by atoms with Crippen molar-refractivity contribution in [3.8, 4) is 0 Å². The number of nitrogens with one attached hydrogen (secondary N) is 1. The van der Waals surface area contributed by atoms with Gasteiger partial charge in [-0.3, -0.25) is 9.10 Å². The van der Waals surface area contributed by atoms with Crippen molar-refractivity contribution >= 4 is 21.6 Å². The molecule has 0 spiro atoms. The lowest BCUT2D eigenvalue weighted by molar-refractivity contribution is -0.119. The summed E-state index contributed by atoms with van der Waals surface area (Å²) < 4.78 is 27.4. The molecular weight excluding hydrogens is 374 g/mol. The van der Waals surface area contributed by atoms with Gasteiger partial charge in [-0.25, -0.2) is 8.42 Å². The molecule has 1 amide bonds. The molecule has 0 aromatic heterocycles. The van der Waals surface area contributed by atoms with Crippen LogP contribution in [0.2, 0.25) is 0 Å². The number of hydrogen-bond donors (Lipinski definition) is 1. The second-order valence-electron chi connectivity index (χ2n) is 6.91. The number of amides is 1. The van der Waals surface area contributed by atoms with Crippen LogP contribution in [0.3, 0.4) is 0 Å². The molecule has 150 valence electrons. The Labute approximate surface area is 167 Å². The summed E-state index contributed by atoms with van der Waals surface area (Å²) in [7, 11) is -3.83. The maximum absolute atomic E-state index is 13.1. The fraction of sp³-hybridized carbons (Fsp3) is 0.381. The van der Waals surface area contributed by atoms with E-state index in [9.17, 15) is 13.2 Å². The van der Waals surface area contributed by atoms with Crippen LogP contribution in [-0.2, 0) is 14.8 Å². The molecule has 1 saturated heterocycles. The van der Waals surface area contributed by atoms with Crippen LogP contribution in [0, 0.1) is 0 Å². The van der Waals surface area contributed by atoms with Gasteiger partial charge in [-0.2, -0.15) is 0 Å². The second-order valence-corrected chi connectivity index (χ2v) is 8.77. The summed E-state index contributed by atoms with van der Waals surface area (Å²) in [6.07, 6.45) is 3.36.